The third kappa shape index (κ3) is 5.81. The molecule has 8 nitrogen and oxygen atoms in total. The number of phenolic OH excluding ortho intramolecular Hbond substituents is 1. The number of carbonyl (C=O) groups excluding carboxylic acids is 2. The summed E-state index contributed by atoms with van der Waals surface area (Å²) in [5.74, 6) is -1.63. The van der Waals surface area contributed by atoms with E-state index in [0.29, 0.717) is 12.1 Å². The Hall–Kier alpha value is -2.77. The maximum atomic E-state index is 12.0. The molecule has 0 unspecified atom stereocenters. The molecule has 0 bridgehead atoms. The average Bonchev–Trinajstić information content (AvgIpc) is 2.41. The Morgan fingerprint density at radius 2 is 1.81 bits per heavy atom. The molecule has 3 amide bonds. The Bertz CT molecular complexity index is 515. The highest BCUT2D eigenvalue weighted by atomic mass is 16.4. The van der Waals surface area contributed by atoms with Gasteiger partial charge in [0.25, 0.3) is 0 Å². The third-order valence-corrected chi connectivity index (χ3v) is 2.58. The number of nitrogens with one attached hydrogen (secondary N) is 1. The van der Waals surface area contributed by atoms with Crippen LogP contribution >= 0.6 is 0 Å². The maximum Gasteiger partial charge on any atom is 0.323 e. The Kier molecular flexibility index (Phi) is 5.99. The lowest BCUT2D eigenvalue weighted by atomic mass is 10.2. The van der Waals surface area contributed by atoms with Gasteiger partial charge in [-0.15, -0.1) is 0 Å². The molecule has 0 fully saturated rings. The molecule has 0 aliphatic rings. The molecule has 0 heterocycles. The molecule has 0 aliphatic carbocycles. The Balaban J connectivity index is 2.68. The van der Waals surface area contributed by atoms with E-state index in [4.69, 9.17) is 10.8 Å². The van der Waals surface area contributed by atoms with Gasteiger partial charge in [-0.25, -0.2) is 4.79 Å². The molecule has 0 saturated heterocycles. The van der Waals surface area contributed by atoms with Gasteiger partial charge < -0.3 is 21.3 Å². The van der Waals surface area contributed by atoms with Crippen molar-refractivity contribution in [2.24, 2.45) is 5.73 Å². The summed E-state index contributed by atoms with van der Waals surface area (Å²) >= 11 is 0. The van der Waals surface area contributed by atoms with Crippen LogP contribution in [-0.2, 0) is 9.59 Å². The topological polar surface area (TPSA) is 133 Å². The van der Waals surface area contributed by atoms with E-state index in [-0.39, 0.29) is 18.7 Å². The van der Waals surface area contributed by atoms with Crippen molar-refractivity contribution in [3.05, 3.63) is 24.3 Å². The van der Waals surface area contributed by atoms with Gasteiger partial charge in [0.05, 0.1) is 0 Å². The van der Waals surface area contributed by atoms with Gasteiger partial charge in [-0.2, -0.15) is 0 Å². The molecule has 5 N–H and O–H groups in total. The molecule has 114 valence electrons. The van der Waals surface area contributed by atoms with E-state index in [1.807, 2.05) is 0 Å². The summed E-state index contributed by atoms with van der Waals surface area (Å²) in [7, 11) is 0. The SMILES string of the molecule is NC(=O)CCCNC(=O)N(CC(=O)O)c1ccc(O)cc1. The lowest BCUT2D eigenvalue weighted by Crippen LogP contribution is -2.43. The van der Waals surface area contributed by atoms with Crippen LogP contribution in [0.15, 0.2) is 24.3 Å². The van der Waals surface area contributed by atoms with Crippen molar-refractivity contribution in [3.8, 4) is 5.75 Å². The lowest BCUT2D eigenvalue weighted by Gasteiger charge is -2.21. The molecule has 8 heteroatoms. The van der Waals surface area contributed by atoms with Gasteiger partial charge in [-0.1, -0.05) is 0 Å². The summed E-state index contributed by atoms with van der Waals surface area (Å²) < 4.78 is 0. The van der Waals surface area contributed by atoms with Gasteiger partial charge in [0, 0.05) is 18.7 Å². The van der Waals surface area contributed by atoms with E-state index in [0.717, 1.165) is 4.90 Å². The van der Waals surface area contributed by atoms with E-state index in [2.05, 4.69) is 5.32 Å². The number of primary amides is 1. The van der Waals surface area contributed by atoms with Crippen molar-refractivity contribution in [2.75, 3.05) is 18.0 Å². The molecular formula is C13H17N3O5. The second-order valence-corrected chi connectivity index (χ2v) is 4.30. The number of anilines is 1. The van der Waals surface area contributed by atoms with Crippen LogP contribution in [0.4, 0.5) is 10.5 Å². The third-order valence-electron chi connectivity index (χ3n) is 2.58. The van der Waals surface area contributed by atoms with E-state index in [9.17, 15) is 19.5 Å². The maximum absolute atomic E-state index is 12.0. The van der Waals surface area contributed by atoms with Crippen molar-refractivity contribution in [1.29, 1.82) is 0 Å². The summed E-state index contributed by atoms with van der Waals surface area (Å²) in [6.07, 6.45) is 0.510. The van der Waals surface area contributed by atoms with Gasteiger partial charge in [0.15, 0.2) is 0 Å². The molecule has 0 aromatic heterocycles. The fraction of sp³-hybridized carbons (Fsp3) is 0.308. The second kappa shape index (κ2) is 7.73. The number of amides is 3. The Morgan fingerprint density at radius 1 is 1.19 bits per heavy atom. The smallest absolute Gasteiger partial charge is 0.323 e. The lowest BCUT2D eigenvalue weighted by molar-refractivity contribution is -0.135. The summed E-state index contributed by atoms with van der Waals surface area (Å²) in [6.45, 7) is -0.317. The molecule has 21 heavy (non-hydrogen) atoms. The highest BCUT2D eigenvalue weighted by Crippen LogP contribution is 2.18. The number of rotatable bonds is 7. The standard InChI is InChI=1S/C13H17N3O5/c14-11(18)2-1-7-15-13(21)16(8-12(19)20)9-3-5-10(17)6-4-9/h3-6,17H,1-2,7-8H2,(H2,14,18)(H,15,21)(H,19,20). The fourth-order valence-electron chi connectivity index (χ4n) is 1.60. The van der Waals surface area contributed by atoms with E-state index < -0.39 is 24.5 Å². The van der Waals surface area contributed by atoms with Gasteiger partial charge >= 0.3 is 12.0 Å². The van der Waals surface area contributed by atoms with E-state index >= 15 is 0 Å². The molecule has 1 aromatic carbocycles. The zero-order chi connectivity index (χ0) is 15.8. The summed E-state index contributed by atoms with van der Waals surface area (Å²) in [5.41, 5.74) is 5.31. The monoisotopic (exact) mass is 295 g/mol. The predicted octanol–water partition coefficient (Wildman–Crippen LogP) is 0.258. The first kappa shape index (κ1) is 16.3. The minimum Gasteiger partial charge on any atom is -0.508 e. The van der Waals surface area contributed by atoms with Gasteiger partial charge in [0.1, 0.15) is 12.3 Å². The predicted molar refractivity (Wildman–Crippen MR) is 74.9 cm³/mol. The summed E-state index contributed by atoms with van der Waals surface area (Å²) in [5, 5.41) is 20.6. The normalized spacial score (nSPS) is 9.90. The minimum atomic E-state index is -1.17. The van der Waals surface area contributed by atoms with Crippen LogP contribution < -0.4 is 16.0 Å². The second-order valence-electron chi connectivity index (χ2n) is 4.30. The minimum absolute atomic E-state index is 0.0101. The van der Waals surface area contributed by atoms with Crippen molar-refractivity contribution in [3.63, 3.8) is 0 Å². The number of urea groups is 1. The summed E-state index contributed by atoms with van der Waals surface area (Å²) in [6, 6.07) is 4.96. The van der Waals surface area contributed by atoms with E-state index in [1.165, 1.54) is 24.3 Å². The van der Waals surface area contributed by atoms with Crippen LogP contribution in [0.1, 0.15) is 12.8 Å². The highest BCUT2D eigenvalue weighted by molar-refractivity contribution is 5.96. The number of nitrogens with zero attached hydrogens (tertiary/aromatic N) is 1. The van der Waals surface area contributed by atoms with Gasteiger partial charge in [-0.05, 0) is 30.7 Å². The molecule has 0 spiro atoms. The number of phenols is 1. The zero-order valence-corrected chi connectivity index (χ0v) is 11.3. The first-order valence-corrected chi connectivity index (χ1v) is 6.24. The van der Waals surface area contributed by atoms with Gasteiger partial charge in [0.2, 0.25) is 5.91 Å². The number of hydrogen-bond donors (Lipinski definition) is 4. The number of nitrogens with two attached hydrogens (primary N) is 1. The molecular weight excluding hydrogens is 278 g/mol. The van der Waals surface area contributed by atoms with Crippen molar-refractivity contribution in [2.45, 2.75) is 12.8 Å². The Morgan fingerprint density at radius 3 is 2.33 bits per heavy atom. The molecule has 0 aliphatic heterocycles. The first-order valence-electron chi connectivity index (χ1n) is 6.24. The van der Waals surface area contributed by atoms with Crippen LogP contribution in [0.2, 0.25) is 0 Å². The number of carbonyl (C=O) groups is 3. The van der Waals surface area contributed by atoms with Crippen LogP contribution in [0.3, 0.4) is 0 Å². The van der Waals surface area contributed by atoms with Crippen molar-refractivity contribution >= 4 is 23.6 Å². The van der Waals surface area contributed by atoms with Crippen molar-refractivity contribution in [1.82, 2.24) is 5.32 Å². The number of aromatic hydroxyl groups is 1. The number of aliphatic carboxylic acids is 1. The summed E-state index contributed by atoms with van der Waals surface area (Å²) in [4.78, 5) is 34.4. The average molecular weight is 295 g/mol. The molecule has 1 rings (SSSR count). The quantitative estimate of drug-likeness (QED) is 0.535. The van der Waals surface area contributed by atoms with Crippen LogP contribution in [0, 0.1) is 0 Å². The Labute approximate surface area is 121 Å². The largest absolute Gasteiger partial charge is 0.508 e. The number of hydrogen-bond acceptors (Lipinski definition) is 4. The van der Waals surface area contributed by atoms with Gasteiger partial charge in [-0.3, -0.25) is 14.5 Å². The highest BCUT2D eigenvalue weighted by Gasteiger charge is 2.18. The molecule has 0 radical (unpaired) electrons. The zero-order valence-electron chi connectivity index (χ0n) is 11.3. The molecule has 0 atom stereocenters. The first-order chi connectivity index (χ1) is 9.90. The number of carboxylic acid groups (broad SMARTS) is 1. The number of carboxylic acids is 1. The number of benzene rings is 1. The van der Waals surface area contributed by atoms with Crippen LogP contribution in [0.25, 0.3) is 0 Å². The van der Waals surface area contributed by atoms with Crippen LogP contribution in [0.5, 0.6) is 5.75 Å². The fourth-order valence-corrected chi connectivity index (χ4v) is 1.60. The van der Waals surface area contributed by atoms with E-state index in [1.54, 1.807) is 0 Å². The molecule has 0 saturated carbocycles. The van der Waals surface area contributed by atoms with Crippen LogP contribution in [-0.4, -0.2) is 41.2 Å². The molecule has 1 aromatic rings. The van der Waals surface area contributed by atoms with Crippen molar-refractivity contribution < 1.29 is 24.6 Å².